The minimum atomic E-state index is 0.0647. The van der Waals surface area contributed by atoms with Gasteiger partial charge in [0.15, 0.2) is 0 Å². The molecule has 4 aliphatic carbocycles. The zero-order valence-corrected chi connectivity index (χ0v) is 20.5. The van der Waals surface area contributed by atoms with Gasteiger partial charge in [-0.15, -0.1) is 0 Å². The van der Waals surface area contributed by atoms with E-state index in [1.807, 2.05) is 29.2 Å². The predicted octanol–water partition coefficient (Wildman–Crippen LogP) is 4.16. The summed E-state index contributed by atoms with van der Waals surface area (Å²) in [6, 6.07) is 7.62. The molecule has 1 aliphatic heterocycles. The molecule has 0 unspecified atom stereocenters. The maximum absolute atomic E-state index is 13.2. The zero-order chi connectivity index (χ0) is 24.0. The Morgan fingerprint density at radius 2 is 1.86 bits per heavy atom. The van der Waals surface area contributed by atoms with E-state index in [1.165, 1.54) is 44.9 Å². The average Bonchev–Trinajstić information content (AvgIpc) is 2.82. The molecule has 1 aromatic heterocycles. The molecule has 0 spiro atoms. The van der Waals surface area contributed by atoms with E-state index in [1.54, 1.807) is 7.11 Å². The van der Waals surface area contributed by atoms with E-state index in [2.05, 4.69) is 15.3 Å². The number of hydrogen-bond acceptors (Lipinski definition) is 5. The van der Waals surface area contributed by atoms with Crippen LogP contribution in [-0.4, -0.2) is 40.3 Å². The Kier molecular flexibility index (Phi) is 5.73. The van der Waals surface area contributed by atoms with Crippen molar-refractivity contribution in [3.05, 3.63) is 47.4 Å². The monoisotopic (exact) mass is 474 g/mol. The molecular weight excluding hydrogens is 440 g/mol. The van der Waals surface area contributed by atoms with Gasteiger partial charge < -0.3 is 15.0 Å². The molecular formula is C28H34N4O3. The summed E-state index contributed by atoms with van der Waals surface area (Å²) >= 11 is 0. The first-order valence-corrected chi connectivity index (χ1v) is 13.0. The number of hydrogen-bond donors (Lipinski definition) is 1. The van der Waals surface area contributed by atoms with Crippen LogP contribution in [-0.2, 0) is 29.0 Å². The van der Waals surface area contributed by atoms with Gasteiger partial charge >= 0.3 is 0 Å². The van der Waals surface area contributed by atoms with Crippen molar-refractivity contribution >= 4 is 17.6 Å². The molecule has 1 aromatic carbocycles. The molecule has 7 heteroatoms. The van der Waals surface area contributed by atoms with Crippen LogP contribution < -0.4 is 10.1 Å². The van der Waals surface area contributed by atoms with Crippen molar-refractivity contribution in [1.29, 1.82) is 0 Å². The molecule has 4 saturated carbocycles. The number of amides is 2. The number of benzene rings is 1. The van der Waals surface area contributed by atoms with Crippen molar-refractivity contribution < 1.29 is 14.3 Å². The van der Waals surface area contributed by atoms with Crippen LogP contribution in [0.15, 0.2) is 30.6 Å². The second-order valence-electron chi connectivity index (χ2n) is 11.4. The summed E-state index contributed by atoms with van der Waals surface area (Å²) in [4.78, 5) is 36.9. The summed E-state index contributed by atoms with van der Waals surface area (Å²) in [6.07, 6.45) is 10.9. The first kappa shape index (κ1) is 22.5. The second kappa shape index (κ2) is 8.92. The lowest BCUT2D eigenvalue weighted by atomic mass is 9.49. The van der Waals surface area contributed by atoms with Crippen LogP contribution in [0.3, 0.4) is 0 Å². The topological polar surface area (TPSA) is 84.4 Å². The quantitative estimate of drug-likeness (QED) is 0.680. The van der Waals surface area contributed by atoms with Gasteiger partial charge in [-0.05, 0) is 85.8 Å². The van der Waals surface area contributed by atoms with Crippen LogP contribution in [0.4, 0.5) is 5.82 Å². The van der Waals surface area contributed by atoms with E-state index >= 15 is 0 Å². The Labute approximate surface area is 206 Å². The summed E-state index contributed by atoms with van der Waals surface area (Å²) in [7, 11) is 1.63. The molecule has 4 fully saturated rings. The average molecular weight is 475 g/mol. The van der Waals surface area contributed by atoms with Crippen LogP contribution in [0.1, 0.15) is 61.8 Å². The molecule has 0 atom stereocenters. The summed E-state index contributed by atoms with van der Waals surface area (Å²) in [5, 5.41) is 3.13. The van der Waals surface area contributed by atoms with Crippen molar-refractivity contribution in [2.24, 2.45) is 23.2 Å². The number of ether oxygens (including phenoxy) is 1. The highest BCUT2D eigenvalue weighted by Gasteiger charge is 2.51. The number of fused-ring (bicyclic) bond motifs is 1. The van der Waals surface area contributed by atoms with Crippen molar-refractivity contribution in [3.63, 3.8) is 0 Å². The van der Waals surface area contributed by atoms with Gasteiger partial charge in [0.05, 0.1) is 25.8 Å². The summed E-state index contributed by atoms with van der Waals surface area (Å²) in [5.74, 6) is 4.04. The Bertz CT molecular complexity index is 1110. The maximum Gasteiger partial charge on any atom is 0.227 e. The van der Waals surface area contributed by atoms with Crippen LogP contribution in [0.25, 0.3) is 0 Å². The van der Waals surface area contributed by atoms with E-state index in [-0.39, 0.29) is 17.2 Å². The van der Waals surface area contributed by atoms with Crippen molar-refractivity contribution in [1.82, 2.24) is 14.9 Å². The largest absolute Gasteiger partial charge is 0.497 e. The fraction of sp³-hybridized carbons (Fsp3) is 0.571. The molecule has 1 N–H and O–H groups in total. The number of carbonyl (C=O) groups is 2. The predicted molar refractivity (Wildman–Crippen MR) is 132 cm³/mol. The molecule has 35 heavy (non-hydrogen) atoms. The number of carbonyl (C=O) groups excluding carboxylic acids is 2. The lowest BCUT2D eigenvalue weighted by Gasteiger charge is -2.56. The van der Waals surface area contributed by atoms with Gasteiger partial charge in [0.1, 0.15) is 17.9 Å². The molecule has 0 radical (unpaired) electrons. The number of aromatic nitrogens is 2. The lowest BCUT2D eigenvalue weighted by molar-refractivity contribution is -0.131. The van der Waals surface area contributed by atoms with Gasteiger partial charge in [-0.25, -0.2) is 9.97 Å². The van der Waals surface area contributed by atoms with Gasteiger partial charge in [0.25, 0.3) is 0 Å². The van der Waals surface area contributed by atoms with Gasteiger partial charge in [0, 0.05) is 18.5 Å². The minimum Gasteiger partial charge on any atom is -0.497 e. The van der Waals surface area contributed by atoms with Crippen LogP contribution in [0.2, 0.25) is 0 Å². The highest BCUT2D eigenvalue weighted by Crippen LogP contribution is 2.61. The van der Waals surface area contributed by atoms with Crippen LogP contribution in [0, 0.1) is 23.2 Å². The van der Waals surface area contributed by atoms with Gasteiger partial charge in [-0.2, -0.15) is 0 Å². The molecule has 2 amide bonds. The van der Waals surface area contributed by atoms with Crippen LogP contribution in [0.5, 0.6) is 5.75 Å². The van der Waals surface area contributed by atoms with Crippen LogP contribution >= 0.6 is 0 Å². The summed E-state index contributed by atoms with van der Waals surface area (Å²) in [6.45, 7) is 1.04. The third-order valence-electron chi connectivity index (χ3n) is 8.81. The van der Waals surface area contributed by atoms with Gasteiger partial charge in [-0.1, -0.05) is 12.1 Å². The Balaban J connectivity index is 1.10. The number of nitrogens with one attached hydrogen (secondary N) is 1. The number of methoxy groups -OCH3 is 1. The second-order valence-corrected chi connectivity index (χ2v) is 11.4. The highest BCUT2D eigenvalue weighted by atomic mass is 16.5. The number of nitrogens with zero attached hydrogens (tertiary/aromatic N) is 3. The molecule has 5 aliphatic rings. The Hall–Kier alpha value is -2.96. The minimum absolute atomic E-state index is 0.0647. The van der Waals surface area contributed by atoms with E-state index in [0.717, 1.165) is 40.3 Å². The summed E-state index contributed by atoms with van der Waals surface area (Å²) < 4.78 is 5.27. The zero-order valence-electron chi connectivity index (χ0n) is 20.5. The molecule has 184 valence electrons. The third kappa shape index (κ3) is 4.53. The standard InChI is InChI=1S/C28H34N4O3/c1-35-22-4-2-3-18(10-22)11-26(34)32-6-5-23-24(16-32)29-17-30-27(23)31-25(33)15-28-12-19-7-20(13-28)9-21(8-19)14-28/h2-4,10,17,19-21H,5-9,11-16H2,1H3,(H,29,30,31,33). The van der Waals surface area contributed by atoms with Gasteiger partial charge in [0.2, 0.25) is 11.8 Å². The lowest BCUT2D eigenvalue weighted by Crippen LogP contribution is -2.47. The smallest absolute Gasteiger partial charge is 0.227 e. The van der Waals surface area contributed by atoms with Crippen molar-refractivity contribution in [3.8, 4) is 5.75 Å². The molecule has 7 nitrogen and oxygen atoms in total. The normalized spacial score (nSPS) is 28.5. The molecule has 2 heterocycles. The Morgan fingerprint density at radius 1 is 1.11 bits per heavy atom. The number of anilines is 1. The van der Waals surface area contributed by atoms with Crippen molar-refractivity contribution in [2.75, 3.05) is 19.0 Å². The SMILES string of the molecule is COc1cccc(CC(=O)N2CCc3c(ncnc3NC(=O)CC34CC5CC(CC(C5)C3)C4)C2)c1. The Morgan fingerprint density at radius 3 is 2.57 bits per heavy atom. The first-order valence-electron chi connectivity index (χ1n) is 13.0. The fourth-order valence-electron chi connectivity index (χ4n) is 7.77. The van der Waals surface area contributed by atoms with E-state index < -0.39 is 0 Å². The highest BCUT2D eigenvalue weighted by molar-refractivity contribution is 5.91. The fourth-order valence-corrected chi connectivity index (χ4v) is 7.77. The summed E-state index contributed by atoms with van der Waals surface area (Å²) in [5.41, 5.74) is 2.93. The first-order chi connectivity index (χ1) is 17.0. The number of rotatable bonds is 6. The van der Waals surface area contributed by atoms with E-state index in [4.69, 9.17) is 4.74 Å². The van der Waals surface area contributed by atoms with E-state index in [9.17, 15) is 9.59 Å². The molecule has 2 aromatic rings. The maximum atomic E-state index is 13.2. The molecule has 0 saturated heterocycles. The molecule has 4 bridgehead atoms. The third-order valence-corrected chi connectivity index (χ3v) is 8.81. The molecule has 7 rings (SSSR count). The van der Waals surface area contributed by atoms with Crippen molar-refractivity contribution in [2.45, 2.75) is 64.3 Å². The van der Waals surface area contributed by atoms with E-state index in [0.29, 0.717) is 38.2 Å². The van der Waals surface area contributed by atoms with Gasteiger partial charge in [-0.3, -0.25) is 9.59 Å².